The zero-order chi connectivity index (χ0) is 13.1. The van der Waals surface area contributed by atoms with Crippen molar-refractivity contribution in [3.8, 4) is 11.1 Å². The maximum Gasteiger partial charge on any atom is 0.340 e. The molecule has 0 saturated carbocycles. The second kappa shape index (κ2) is 4.83. The first-order chi connectivity index (χ1) is 8.61. The van der Waals surface area contributed by atoms with E-state index in [1.807, 2.05) is 0 Å². The third-order valence-corrected chi connectivity index (χ3v) is 2.49. The van der Waals surface area contributed by atoms with Gasteiger partial charge in [0.25, 0.3) is 0 Å². The molecule has 0 saturated heterocycles. The number of nitrogen functional groups attached to an aromatic ring is 1. The van der Waals surface area contributed by atoms with E-state index in [1.54, 1.807) is 24.4 Å². The average Bonchev–Trinajstić information content (AvgIpc) is 2.38. The predicted octanol–water partition coefficient (Wildman–Crippen LogP) is 2.26. The number of anilines is 1. The third kappa shape index (κ3) is 2.29. The number of aromatic nitrogens is 1. The van der Waals surface area contributed by atoms with Gasteiger partial charge in [0.1, 0.15) is 11.6 Å². The molecular formula is C13H11FN2O2. The number of ether oxygens (including phenoxy) is 1. The summed E-state index contributed by atoms with van der Waals surface area (Å²) < 4.78 is 18.2. The number of hydrogen-bond acceptors (Lipinski definition) is 4. The summed E-state index contributed by atoms with van der Waals surface area (Å²) in [5.74, 6) is -0.934. The Morgan fingerprint density at radius 3 is 2.56 bits per heavy atom. The quantitative estimate of drug-likeness (QED) is 0.825. The first-order valence-electron chi connectivity index (χ1n) is 5.21. The van der Waals surface area contributed by atoms with E-state index in [-0.39, 0.29) is 5.56 Å². The Bertz CT molecular complexity index is 582. The Kier molecular flexibility index (Phi) is 3.23. The summed E-state index contributed by atoms with van der Waals surface area (Å²) in [5, 5.41) is 0. The van der Waals surface area contributed by atoms with Gasteiger partial charge in [0.2, 0.25) is 0 Å². The number of nitrogens with zero attached hydrogens (tertiary/aromatic N) is 1. The highest BCUT2D eigenvalue weighted by Crippen LogP contribution is 2.22. The number of halogens is 1. The van der Waals surface area contributed by atoms with Gasteiger partial charge in [0, 0.05) is 11.8 Å². The molecule has 0 fully saturated rings. The standard InChI is InChI=1S/C13H11FN2O2/c1-18-13(17)10-4-2-8(6-11(10)14)9-3-5-12(15)16-7-9/h2-7H,1H3,(H2,15,16). The molecule has 92 valence electrons. The highest BCUT2D eigenvalue weighted by atomic mass is 19.1. The first-order valence-corrected chi connectivity index (χ1v) is 5.21. The van der Waals surface area contributed by atoms with Crippen LogP contribution in [0.5, 0.6) is 0 Å². The fourth-order valence-corrected chi connectivity index (χ4v) is 1.55. The fourth-order valence-electron chi connectivity index (χ4n) is 1.55. The van der Waals surface area contributed by atoms with Gasteiger partial charge >= 0.3 is 5.97 Å². The Hall–Kier alpha value is -2.43. The number of pyridine rings is 1. The van der Waals surface area contributed by atoms with Gasteiger partial charge in [-0.3, -0.25) is 0 Å². The Morgan fingerprint density at radius 2 is 2.00 bits per heavy atom. The molecule has 1 aromatic heterocycles. The van der Waals surface area contributed by atoms with Gasteiger partial charge in [0.05, 0.1) is 12.7 Å². The maximum absolute atomic E-state index is 13.7. The molecule has 4 nitrogen and oxygen atoms in total. The molecule has 0 atom stereocenters. The van der Waals surface area contributed by atoms with Crippen LogP contribution < -0.4 is 5.73 Å². The average molecular weight is 246 g/mol. The van der Waals surface area contributed by atoms with Gasteiger partial charge in [-0.2, -0.15) is 0 Å². The normalized spacial score (nSPS) is 10.1. The van der Waals surface area contributed by atoms with Gasteiger partial charge in [0.15, 0.2) is 0 Å². The molecule has 1 heterocycles. The topological polar surface area (TPSA) is 65.2 Å². The number of carbonyl (C=O) groups excluding carboxylic acids is 1. The number of carbonyl (C=O) groups is 1. The van der Waals surface area contributed by atoms with E-state index >= 15 is 0 Å². The molecule has 2 rings (SSSR count). The van der Waals surface area contributed by atoms with Gasteiger partial charge in [-0.25, -0.2) is 14.2 Å². The number of methoxy groups -OCH3 is 1. The van der Waals surface area contributed by atoms with Crippen molar-refractivity contribution in [2.45, 2.75) is 0 Å². The van der Waals surface area contributed by atoms with Crippen LogP contribution >= 0.6 is 0 Å². The lowest BCUT2D eigenvalue weighted by Crippen LogP contribution is -2.04. The Labute approximate surface area is 103 Å². The zero-order valence-electron chi connectivity index (χ0n) is 9.68. The lowest BCUT2D eigenvalue weighted by atomic mass is 10.1. The molecule has 0 aliphatic heterocycles. The molecule has 0 spiro atoms. The molecule has 18 heavy (non-hydrogen) atoms. The highest BCUT2D eigenvalue weighted by Gasteiger charge is 2.12. The minimum atomic E-state index is -0.700. The van der Waals surface area contributed by atoms with Crippen molar-refractivity contribution in [1.29, 1.82) is 0 Å². The summed E-state index contributed by atoms with van der Waals surface area (Å²) in [4.78, 5) is 15.2. The van der Waals surface area contributed by atoms with Gasteiger partial charge in [-0.05, 0) is 29.8 Å². The molecule has 0 radical (unpaired) electrons. The maximum atomic E-state index is 13.7. The number of rotatable bonds is 2. The SMILES string of the molecule is COC(=O)c1ccc(-c2ccc(N)nc2)cc1F. The van der Waals surface area contributed by atoms with Gasteiger partial charge in [-0.1, -0.05) is 6.07 Å². The predicted molar refractivity (Wildman–Crippen MR) is 65.4 cm³/mol. The molecule has 0 aliphatic rings. The number of esters is 1. The van der Waals surface area contributed by atoms with E-state index in [0.29, 0.717) is 11.4 Å². The Morgan fingerprint density at radius 1 is 1.28 bits per heavy atom. The van der Waals surface area contributed by atoms with Crippen molar-refractivity contribution >= 4 is 11.8 Å². The molecule has 0 amide bonds. The summed E-state index contributed by atoms with van der Waals surface area (Å²) in [5.41, 5.74) is 6.72. The van der Waals surface area contributed by atoms with E-state index in [1.165, 1.54) is 19.2 Å². The van der Waals surface area contributed by atoms with Crippen LogP contribution in [0.2, 0.25) is 0 Å². The molecule has 2 N–H and O–H groups in total. The van der Waals surface area contributed by atoms with Crippen molar-refractivity contribution in [1.82, 2.24) is 4.98 Å². The van der Waals surface area contributed by atoms with Crippen LogP contribution in [0.25, 0.3) is 11.1 Å². The summed E-state index contributed by atoms with van der Waals surface area (Å²) in [6, 6.07) is 7.63. The van der Waals surface area contributed by atoms with E-state index in [4.69, 9.17) is 5.73 Å². The molecule has 1 aromatic carbocycles. The molecule has 2 aromatic rings. The molecular weight excluding hydrogens is 235 g/mol. The van der Waals surface area contributed by atoms with Crippen molar-refractivity contribution in [3.05, 3.63) is 47.9 Å². The van der Waals surface area contributed by atoms with Gasteiger partial charge in [-0.15, -0.1) is 0 Å². The van der Waals surface area contributed by atoms with Crippen molar-refractivity contribution in [2.75, 3.05) is 12.8 Å². The monoisotopic (exact) mass is 246 g/mol. The highest BCUT2D eigenvalue weighted by molar-refractivity contribution is 5.90. The Balaban J connectivity index is 2.40. The van der Waals surface area contributed by atoms with Gasteiger partial charge < -0.3 is 10.5 Å². The molecule has 5 heteroatoms. The van der Waals surface area contributed by atoms with Crippen LogP contribution in [0, 0.1) is 5.82 Å². The summed E-state index contributed by atoms with van der Waals surface area (Å²) >= 11 is 0. The van der Waals surface area contributed by atoms with Crippen LogP contribution in [0.4, 0.5) is 10.2 Å². The largest absolute Gasteiger partial charge is 0.465 e. The summed E-state index contributed by atoms with van der Waals surface area (Å²) in [6.45, 7) is 0. The van der Waals surface area contributed by atoms with E-state index < -0.39 is 11.8 Å². The second-order valence-corrected chi connectivity index (χ2v) is 3.66. The zero-order valence-corrected chi connectivity index (χ0v) is 9.68. The van der Waals surface area contributed by atoms with Crippen LogP contribution in [0.3, 0.4) is 0 Å². The van der Waals surface area contributed by atoms with Crippen LogP contribution in [-0.4, -0.2) is 18.1 Å². The summed E-state index contributed by atoms with van der Waals surface area (Å²) in [7, 11) is 1.21. The minimum Gasteiger partial charge on any atom is -0.465 e. The smallest absolute Gasteiger partial charge is 0.340 e. The lowest BCUT2D eigenvalue weighted by Gasteiger charge is -2.05. The lowest BCUT2D eigenvalue weighted by molar-refractivity contribution is 0.0595. The van der Waals surface area contributed by atoms with Crippen molar-refractivity contribution < 1.29 is 13.9 Å². The van der Waals surface area contributed by atoms with E-state index in [9.17, 15) is 9.18 Å². The van der Waals surface area contributed by atoms with E-state index in [2.05, 4.69) is 9.72 Å². The fraction of sp³-hybridized carbons (Fsp3) is 0.0769. The number of benzene rings is 1. The number of nitrogens with two attached hydrogens (primary N) is 1. The second-order valence-electron chi connectivity index (χ2n) is 3.66. The summed E-state index contributed by atoms with van der Waals surface area (Å²) in [6.07, 6.45) is 1.54. The van der Waals surface area contributed by atoms with Crippen LogP contribution in [0.15, 0.2) is 36.5 Å². The van der Waals surface area contributed by atoms with Crippen LogP contribution in [0.1, 0.15) is 10.4 Å². The molecule has 0 unspecified atom stereocenters. The molecule has 0 bridgehead atoms. The third-order valence-electron chi connectivity index (χ3n) is 2.49. The minimum absolute atomic E-state index is 0.0929. The van der Waals surface area contributed by atoms with Crippen LogP contribution in [-0.2, 0) is 4.74 Å². The number of hydrogen-bond donors (Lipinski definition) is 1. The first kappa shape index (κ1) is 12.0. The molecule has 0 aliphatic carbocycles. The van der Waals surface area contributed by atoms with E-state index in [0.717, 1.165) is 5.56 Å². The van der Waals surface area contributed by atoms with Crippen molar-refractivity contribution in [2.24, 2.45) is 0 Å². The van der Waals surface area contributed by atoms with Crippen molar-refractivity contribution in [3.63, 3.8) is 0 Å².